The lowest BCUT2D eigenvalue weighted by molar-refractivity contribution is 0.636. The molecule has 0 fully saturated rings. The predicted octanol–water partition coefficient (Wildman–Crippen LogP) is 0.160. The van der Waals surface area contributed by atoms with Gasteiger partial charge in [0.15, 0.2) is 0 Å². The Morgan fingerprint density at radius 3 is 2.38 bits per heavy atom. The summed E-state index contributed by atoms with van der Waals surface area (Å²) >= 11 is 5.73. The maximum atomic E-state index is 5.73. The van der Waals surface area contributed by atoms with Crippen molar-refractivity contribution in [3.63, 3.8) is 0 Å². The number of rotatable bonds is 3. The molecule has 50 valence electrons. The molecule has 0 amide bonds. The lowest BCUT2D eigenvalue weighted by Gasteiger charge is -2.11. The van der Waals surface area contributed by atoms with Gasteiger partial charge in [-0.2, -0.15) is 0 Å². The highest BCUT2D eigenvalue weighted by Crippen LogP contribution is 1.96. The summed E-state index contributed by atoms with van der Waals surface area (Å²) in [4.78, 5) is 0. The molecule has 0 aromatic rings. The number of alkyl halides is 1. The minimum absolute atomic E-state index is 0.0556. The summed E-state index contributed by atoms with van der Waals surface area (Å²) in [6, 6.07) is 0.0733. The van der Waals surface area contributed by atoms with Gasteiger partial charge in [0.2, 0.25) is 0 Å². The van der Waals surface area contributed by atoms with E-state index in [1.807, 2.05) is 14.0 Å². The zero-order valence-electron chi connectivity index (χ0n) is 5.32. The summed E-state index contributed by atoms with van der Waals surface area (Å²) in [7, 11) is 1.86. The van der Waals surface area contributed by atoms with Crippen LogP contribution in [-0.2, 0) is 0 Å². The molecule has 0 aliphatic rings. The van der Waals surface area contributed by atoms with Crippen molar-refractivity contribution in [1.29, 1.82) is 0 Å². The predicted molar refractivity (Wildman–Crippen MR) is 37.2 cm³/mol. The van der Waals surface area contributed by atoms with Crippen LogP contribution >= 0.6 is 11.6 Å². The van der Waals surface area contributed by atoms with Gasteiger partial charge in [-0.05, 0) is 14.0 Å². The highest BCUT2D eigenvalue weighted by molar-refractivity contribution is 6.21. The Balaban J connectivity index is 3.17. The lowest BCUT2D eigenvalue weighted by atomic mass is 10.2. The van der Waals surface area contributed by atoms with Gasteiger partial charge in [-0.1, -0.05) is 0 Å². The number of nitrogens with two attached hydrogens (primary N) is 1. The van der Waals surface area contributed by atoms with Gasteiger partial charge in [-0.25, -0.2) is 0 Å². The molecule has 0 rings (SSSR count). The third kappa shape index (κ3) is 3.24. The normalized spacial score (nSPS) is 18.0. The zero-order valence-corrected chi connectivity index (χ0v) is 6.07. The first-order valence-corrected chi connectivity index (χ1v) is 3.16. The molecule has 0 radical (unpaired) electrons. The van der Waals surface area contributed by atoms with Crippen LogP contribution in [0.1, 0.15) is 6.92 Å². The third-order valence-electron chi connectivity index (χ3n) is 0.970. The lowest BCUT2D eigenvalue weighted by Crippen LogP contribution is -2.34. The van der Waals surface area contributed by atoms with Crippen molar-refractivity contribution in [3.05, 3.63) is 0 Å². The maximum Gasteiger partial charge on any atom is 0.0608 e. The van der Waals surface area contributed by atoms with Crippen molar-refractivity contribution < 1.29 is 0 Å². The molecule has 0 bridgehead atoms. The van der Waals surface area contributed by atoms with Gasteiger partial charge in [-0.3, -0.25) is 0 Å². The highest BCUT2D eigenvalue weighted by atomic mass is 35.5. The Morgan fingerprint density at radius 1 is 1.75 bits per heavy atom. The van der Waals surface area contributed by atoms with Crippen molar-refractivity contribution in [2.75, 3.05) is 13.6 Å². The largest absolute Gasteiger partial charge is 0.327 e. The first-order chi connectivity index (χ1) is 3.68. The van der Waals surface area contributed by atoms with Crippen molar-refractivity contribution in [2.24, 2.45) is 5.73 Å². The van der Waals surface area contributed by atoms with Crippen LogP contribution in [0.3, 0.4) is 0 Å². The van der Waals surface area contributed by atoms with Crippen LogP contribution in [0.25, 0.3) is 0 Å². The fourth-order valence-electron chi connectivity index (χ4n) is 0.381. The van der Waals surface area contributed by atoms with Gasteiger partial charge in [0.1, 0.15) is 0 Å². The van der Waals surface area contributed by atoms with E-state index >= 15 is 0 Å². The van der Waals surface area contributed by atoms with E-state index in [1.165, 1.54) is 0 Å². The van der Waals surface area contributed by atoms with Crippen LogP contribution in [0, 0.1) is 0 Å². The zero-order chi connectivity index (χ0) is 6.57. The van der Waals surface area contributed by atoms with E-state index in [2.05, 4.69) is 5.32 Å². The van der Waals surface area contributed by atoms with E-state index in [-0.39, 0.29) is 11.4 Å². The summed E-state index contributed by atoms with van der Waals surface area (Å²) in [5.41, 5.74) is 5.45. The van der Waals surface area contributed by atoms with Crippen LogP contribution in [0.5, 0.6) is 0 Å². The molecule has 2 nitrogen and oxygen atoms in total. The fourth-order valence-corrected chi connectivity index (χ4v) is 0.535. The molecule has 0 aliphatic carbocycles. The third-order valence-corrected chi connectivity index (χ3v) is 1.52. The number of nitrogens with one attached hydrogen (secondary N) is 1. The number of hydrogen-bond acceptors (Lipinski definition) is 2. The minimum atomic E-state index is 0.0556. The average Bonchev–Trinajstić information content (AvgIpc) is 1.67. The van der Waals surface area contributed by atoms with Crippen LogP contribution in [0.2, 0.25) is 0 Å². The molecule has 0 aromatic carbocycles. The number of halogens is 1. The van der Waals surface area contributed by atoms with E-state index in [4.69, 9.17) is 17.3 Å². The van der Waals surface area contributed by atoms with Crippen molar-refractivity contribution in [2.45, 2.75) is 18.3 Å². The standard InChI is InChI=1S/C5H13ClN2/c1-4(7)5(6)3-8-2/h4-5,8H,3,7H2,1-2H3/t4-,5?/m1/s1. The quantitative estimate of drug-likeness (QED) is 0.543. The van der Waals surface area contributed by atoms with E-state index in [0.29, 0.717) is 0 Å². The summed E-state index contributed by atoms with van der Waals surface area (Å²) in [5, 5.41) is 2.99. The first-order valence-electron chi connectivity index (χ1n) is 2.72. The van der Waals surface area contributed by atoms with Gasteiger partial charge in [0, 0.05) is 12.6 Å². The molecular formula is C5H13ClN2. The molecule has 0 aromatic heterocycles. The highest BCUT2D eigenvalue weighted by Gasteiger charge is 2.06. The SMILES string of the molecule is CNCC(Cl)[C@@H](C)N. The second kappa shape index (κ2) is 4.13. The van der Waals surface area contributed by atoms with E-state index < -0.39 is 0 Å². The van der Waals surface area contributed by atoms with Crippen molar-refractivity contribution >= 4 is 11.6 Å². The first kappa shape index (κ1) is 8.21. The smallest absolute Gasteiger partial charge is 0.0608 e. The van der Waals surface area contributed by atoms with Crippen LogP contribution in [0.15, 0.2) is 0 Å². The molecule has 3 N–H and O–H groups in total. The Bertz CT molecular complexity index is 56.4. The van der Waals surface area contributed by atoms with Crippen LogP contribution in [0.4, 0.5) is 0 Å². The van der Waals surface area contributed by atoms with Crippen molar-refractivity contribution in [3.8, 4) is 0 Å². The van der Waals surface area contributed by atoms with Gasteiger partial charge in [-0.15, -0.1) is 11.6 Å². The van der Waals surface area contributed by atoms with Gasteiger partial charge < -0.3 is 11.1 Å². The second-order valence-electron chi connectivity index (χ2n) is 1.93. The molecule has 1 unspecified atom stereocenters. The maximum absolute atomic E-state index is 5.73. The molecular weight excluding hydrogens is 124 g/mol. The van der Waals surface area contributed by atoms with E-state index in [1.54, 1.807) is 0 Å². The molecule has 2 atom stereocenters. The summed E-state index contributed by atoms with van der Waals surface area (Å²) in [5.74, 6) is 0. The molecule has 8 heavy (non-hydrogen) atoms. The summed E-state index contributed by atoms with van der Waals surface area (Å²) < 4.78 is 0. The Morgan fingerprint density at radius 2 is 2.25 bits per heavy atom. The second-order valence-corrected chi connectivity index (χ2v) is 2.49. The van der Waals surface area contributed by atoms with Crippen LogP contribution < -0.4 is 11.1 Å². The van der Waals surface area contributed by atoms with Crippen molar-refractivity contribution in [1.82, 2.24) is 5.32 Å². The molecule has 0 spiro atoms. The monoisotopic (exact) mass is 136 g/mol. The van der Waals surface area contributed by atoms with Gasteiger partial charge in [0.05, 0.1) is 5.38 Å². The topological polar surface area (TPSA) is 38.0 Å². The Labute approximate surface area is 55.4 Å². The summed E-state index contributed by atoms with van der Waals surface area (Å²) in [6.07, 6.45) is 0. The fraction of sp³-hybridized carbons (Fsp3) is 1.00. The van der Waals surface area contributed by atoms with Gasteiger partial charge >= 0.3 is 0 Å². The number of hydrogen-bond donors (Lipinski definition) is 2. The molecule has 0 saturated heterocycles. The molecule has 0 heterocycles. The van der Waals surface area contributed by atoms with Gasteiger partial charge in [0.25, 0.3) is 0 Å². The molecule has 0 saturated carbocycles. The minimum Gasteiger partial charge on any atom is -0.327 e. The molecule has 0 aliphatic heterocycles. The molecule has 3 heteroatoms. The average molecular weight is 137 g/mol. The van der Waals surface area contributed by atoms with Crippen LogP contribution in [-0.4, -0.2) is 25.0 Å². The Kier molecular flexibility index (Phi) is 4.23. The Hall–Kier alpha value is 0.210. The summed E-state index contributed by atoms with van der Waals surface area (Å²) in [6.45, 7) is 2.67. The van der Waals surface area contributed by atoms with E-state index in [9.17, 15) is 0 Å². The van der Waals surface area contributed by atoms with E-state index in [0.717, 1.165) is 6.54 Å².